The number of carbonyl (C=O) groups excluding carboxylic acids is 1. The van der Waals surface area contributed by atoms with E-state index in [1.165, 1.54) is 18.2 Å². The first-order valence-corrected chi connectivity index (χ1v) is 11.6. The highest BCUT2D eigenvalue weighted by Crippen LogP contribution is 2.31. The maximum absolute atomic E-state index is 12.6. The van der Waals surface area contributed by atoms with E-state index in [9.17, 15) is 23.3 Å². The highest BCUT2D eigenvalue weighted by molar-refractivity contribution is 7.89. The number of carbonyl (C=O) groups is 1. The average Bonchev–Trinajstić information content (AvgIpc) is 3.25. The smallest absolute Gasteiger partial charge is 0.293 e. The average molecular weight is 447 g/mol. The van der Waals surface area contributed by atoms with Crippen LogP contribution in [0.1, 0.15) is 42.6 Å². The molecular formula is C21H26N4O5S. The van der Waals surface area contributed by atoms with Crippen molar-refractivity contribution in [3.63, 3.8) is 0 Å². The van der Waals surface area contributed by atoms with Gasteiger partial charge in [0.05, 0.1) is 9.82 Å². The van der Waals surface area contributed by atoms with Crippen LogP contribution in [0.2, 0.25) is 0 Å². The van der Waals surface area contributed by atoms with E-state index >= 15 is 0 Å². The summed E-state index contributed by atoms with van der Waals surface area (Å²) in [5, 5.41) is 14.2. The molecule has 2 aromatic carbocycles. The zero-order chi connectivity index (χ0) is 22.6. The van der Waals surface area contributed by atoms with E-state index in [0.717, 1.165) is 25.9 Å². The SMILES string of the molecule is CC(C)NS(=O)(=O)c1cccc(CNC(=O)c2ccc(N3CCCC3)c([N+](=O)[O-])c2)c1. The van der Waals surface area contributed by atoms with E-state index < -0.39 is 20.9 Å². The quantitative estimate of drug-likeness (QED) is 0.475. The molecule has 0 unspecified atom stereocenters. The number of nitrogens with zero attached hydrogens (tertiary/aromatic N) is 2. The standard InChI is InChI=1S/C21H26N4O5S/c1-15(2)23-31(29,30)18-7-5-6-16(12-18)14-22-21(26)17-8-9-19(20(13-17)25(27)28)24-10-3-4-11-24/h5-9,12-13,15,23H,3-4,10-11,14H2,1-2H3,(H,22,26). The number of amides is 1. The number of nitro groups is 1. The Morgan fingerprint density at radius 3 is 2.52 bits per heavy atom. The molecule has 0 bridgehead atoms. The largest absolute Gasteiger partial charge is 0.366 e. The van der Waals surface area contributed by atoms with E-state index in [0.29, 0.717) is 11.3 Å². The summed E-state index contributed by atoms with van der Waals surface area (Å²) in [5.74, 6) is -0.468. The molecule has 31 heavy (non-hydrogen) atoms. The maximum Gasteiger partial charge on any atom is 0.293 e. The van der Waals surface area contributed by atoms with Gasteiger partial charge in [0.15, 0.2) is 0 Å². The summed E-state index contributed by atoms with van der Waals surface area (Å²) in [6.45, 7) is 5.08. The number of rotatable bonds is 8. The van der Waals surface area contributed by atoms with Crippen LogP contribution in [0.5, 0.6) is 0 Å². The summed E-state index contributed by atoms with van der Waals surface area (Å²) in [6, 6.07) is 10.5. The second-order valence-electron chi connectivity index (χ2n) is 7.76. The van der Waals surface area contributed by atoms with Gasteiger partial charge in [-0.3, -0.25) is 14.9 Å². The molecule has 0 spiro atoms. The molecule has 166 valence electrons. The van der Waals surface area contributed by atoms with Crippen molar-refractivity contribution >= 4 is 27.3 Å². The summed E-state index contributed by atoms with van der Waals surface area (Å²) in [5.41, 5.74) is 1.21. The van der Waals surface area contributed by atoms with Crippen molar-refractivity contribution in [2.24, 2.45) is 0 Å². The van der Waals surface area contributed by atoms with Crippen molar-refractivity contribution in [2.45, 2.75) is 44.2 Å². The van der Waals surface area contributed by atoms with Crippen molar-refractivity contribution < 1.29 is 18.1 Å². The van der Waals surface area contributed by atoms with E-state index in [2.05, 4.69) is 10.0 Å². The van der Waals surface area contributed by atoms with Crippen molar-refractivity contribution in [1.29, 1.82) is 0 Å². The van der Waals surface area contributed by atoms with Crippen LogP contribution in [-0.2, 0) is 16.6 Å². The molecule has 1 saturated heterocycles. The lowest BCUT2D eigenvalue weighted by Crippen LogP contribution is -2.30. The van der Waals surface area contributed by atoms with Crippen LogP contribution in [0, 0.1) is 10.1 Å². The monoisotopic (exact) mass is 446 g/mol. The zero-order valence-electron chi connectivity index (χ0n) is 17.5. The number of hydrogen-bond acceptors (Lipinski definition) is 6. The van der Waals surface area contributed by atoms with Gasteiger partial charge in [-0.05, 0) is 56.5 Å². The van der Waals surface area contributed by atoms with Gasteiger partial charge in [0.25, 0.3) is 11.6 Å². The summed E-state index contributed by atoms with van der Waals surface area (Å²) in [7, 11) is -3.64. The van der Waals surface area contributed by atoms with E-state index in [1.807, 2.05) is 4.90 Å². The molecule has 2 aromatic rings. The first kappa shape index (κ1) is 22.7. The lowest BCUT2D eigenvalue weighted by atomic mass is 10.1. The first-order chi connectivity index (χ1) is 14.7. The molecule has 9 nitrogen and oxygen atoms in total. The molecule has 0 radical (unpaired) electrons. The topological polar surface area (TPSA) is 122 Å². The molecule has 1 fully saturated rings. The Balaban J connectivity index is 1.73. The molecule has 0 saturated carbocycles. The van der Waals surface area contributed by atoms with Gasteiger partial charge < -0.3 is 10.2 Å². The van der Waals surface area contributed by atoms with Crippen LogP contribution in [-0.4, -0.2) is 38.4 Å². The van der Waals surface area contributed by atoms with Gasteiger partial charge in [0.2, 0.25) is 10.0 Å². The number of nitrogens with one attached hydrogen (secondary N) is 2. The van der Waals surface area contributed by atoms with Crippen molar-refractivity contribution in [3.8, 4) is 0 Å². The maximum atomic E-state index is 12.6. The fraction of sp³-hybridized carbons (Fsp3) is 0.381. The van der Waals surface area contributed by atoms with Crippen LogP contribution in [0.25, 0.3) is 0 Å². The Labute approximate surface area is 181 Å². The lowest BCUT2D eigenvalue weighted by Gasteiger charge is -2.17. The van der Waals surface area contributed by atoms with Crippen molar-refractivity contribution in [2.75, 3.05) is 18.0 Å². The fourth-order valence-corrected chi connectivity index (χ4v) is 4.84. The molecule has 3 rings (SSSR count). The second kappa shape index (κ2) is 9.44. The molecule has 0 aliphatic carbocycles. The Morgan fingerprint density at radius 1 is 1.16 bits per heavy atom. The highest BCUT2D eigenvalue weighted by atomic mass is 32.2. The molecule has 1 heterocycles. The van der Waals surface area contributed by atoms with Crippen LogP contribution in [0.4, 0.5) is 11.4 Å². The molecule has 0 atom stereocenters. The molecule has 1 aliphatic rings. The molecule has 0 aromatic heterocycles. The van der Waals surface area contributed by atoms with Gasteiger partial charge in [-0.1, -0.05) is 12.1 Å². The van der Waals surface area contributed by atoms with Gasteiger partial charge in [-0.2, -0.15) is 0 Å². The lowest BCUT2D eigenvalue weighted by molar-refractivity contribution is -0.384. The second-order valence-corrected chi connectivity index (χ2v) is 9.47. The molecule has 10 heteroatoms. The number of anilines is 1. The third-order valence-electron chi connectivity index (χ3n) is 4.93. The molecule has 1 amide bonds. The van der Waals surface area contributed by atoms with Crippen LogP contribution < -0.4 is 14.9 Å². The van der Waals surface area contributed by atoms with E-state index in [-0.39, 0.29) is 28.7 Å². The minimum absolute atomic E-state index is 0.0888. The first-order valence-electron chi connectivity index (χ1n) is 10.1. The van der Waals surface area contributed by atoms with Crippen LogP contribution >= 0.6 is 0 Å². The summed E-state index contributed by atoms with van der Waals surface area (Å²) in [4.78, 5) is 25.7. The molecule has 2 N–H and O–H groups in total. The summed E-state index contributed by atoms with van der Waals surface area (Å²) in [6.07, 6.45) is 1.97. The van der Waals surface area contributed by atoms with Crippen LogP contribution in [0.3, 0.4) is 0 Å². The third kappa shape index (κ3) is 5.59. The third-order valence-corrected chi connectivity index (χ3v) is 6.59. The Morgan fingerprint density at radius 2 is 1.87 bits per heavy atom. The minimum atomic E-state index is -3.64. The van der Waals surface area contributed by atoms with E-state index in [4.69, 9.17) is 0 Å². The van der Waals surface area contributed by atoms with Gasteiger partial charge in [-0.15, -0.1) is 0 Å². The zero-order valence-corrected chi connectivity index (χ0v) is 18.3. The van der Waals surface area contributed by atoms with Gasteiger partial charge in [0, 0.05) is 37.3 Å². The van der Waals surface area contributed by atoms with Gasteiger partial charge in [-0.25, -0.2) is 13.1 Å². The summed E-state index contributed by atoms with van der Waals surface area (Å²) < 4.78 is 27.2. The normalized spacial score (nSPS) is 14.1. The number of hydrogen-bond donors (Lipinski definition) is 2. The van der Waals surface area contributed by atoms with Gasteiger partial charge in [0.1, 0.15) is 5.69 Å². The Kier molecular flexibility index (Phi) is 6.91. The predicted octanol–water partition coefficient (Wildman–Crippen LogP) is 2.81. The number of nitro benzene ring substituents is 1. The predicted molar refractivity (Wildman–Crippen MR) is 118 cm³/mol. The van der Waals surface area contributed by atoms with Gasteiger partial charge >= 0.3 is 0 Å². The number of sulfonamides is 1. The Bertz CT molecular complexity index is 1080. The molecular weight excluding hydrogens is 420 g/mol. The number of benzene rings is 2. The molecule has 1 aliphatic heterocycles. The van der Waals surface area contributed by atoms with Crippen LogP contribution in [0.15, 0.2) is 47.4 Å². The Hall–Kier alpha value is -2.98. The highest BCUT2D eigenvalue weighted by Gasteiger charge is 2.24. The van der Waals surface area contributed by atoms with Crippen molar-refractivity contribution in [3.05, 3.63) is 63.7 Å². The van der Waals surface area contributed by atoms with E-state index in [1.54, 1.807) is 38.1 Å². The van der Waals surface area contributed by atoms with Crippen molar-refractivity contribution in [1.82, 2.24) is 10.0 Å². The fourth-order valence-electron chi connectivity index (χ4n) is 3.52. The summed E-state index contributed by atoms with van der Waals surface area (Å²) >= 11 is 0. The minimum Gasteiger partial charge on any atom is -0.366 e.